The molecule has 0 radical (unpaired) electrons. The molecule has 8 heteroatoms. The predicted octanol–water partition coefficient (Wildman–Crippen LogP) is 0.186. The first-order valence-corrected chi connectivity index (χ1v) is 5.35. The molecule has 2 heterocycles. The highest BCUT2D eigenvalue weighted by Crippen LogP contribution is 2.08. The Bertz CT molecular complexity index is 516. The van der Waals surface area contributed by atoms with Crippen molar-refractivity contribution in [1.82, 2.24) is 19.7 Å². The number of aryl methyl sites for hydroxylation is 1. The van der Waals surface area contributed by atoms with Crippen molar-refractivity contribution in [2.24, 2.45) is 10.9 Å². The van der Waals surface area contributed by atoms with E-state index in [0.717, 1.165) is 10.7 Å². The van der Waals surface area contributed by atoms with Gasteiger partial charge in [-0.25, -0.2) is 14.6 Å². The molecule has 16 heavy (non-hydrogen) atoms. The van der Waals surface area contributed by atoms with Gasteiger partial charge in [0.15, 0.2) is 0 Å². The molecule has 0 saturated heterocycles. The van der Waals surface area contributed by atoms with Crippen molar-refractivity contribution >= 4 is 17.2 Å². The number of thiazole rings is 1. The molecule has 3 N–H and O–H groups in total. The van der Waals surface area contributed by atoms with Crippen molar-refractivity contribution in [2.75, 3.05) is 0 Å². The Hall–Kier alpha value is -1.96. The molecular weight excluding hydrogens is 228 g/mol. The van der Waals surface area contributed by atoms with Crippen LogP contribution in [0.5, 0.6) is 0 Å². The van der Waals surface area contributed by atoms with Gasteiger partial charge in [-0.15, -0.1) is 16.4 Å². The van der Waals surface area contributed by atoms with Gasteiger partial charge in [-0.3, -0.25) is 0 Å². The highest BCUT2D eigenvalue weighted by atomic mass is 32.1. The van der Waals surface area contributed by atoms with Crippen molar-refractivity contribution < 1.29 is 5.21 Å². The summed E-state index contributed by atoms with van der Waals surface area (Å²) in [5, 5.41) is 18.3. The number of nitrogens with zero attached hydrogens (tertiary/aromatic N) is 5. The first-order chi connectivity index (χ1) is 7.69. The molecule has 84 valence electrons. The minimum Gasteiger partial charge on any atom is -0.409 e. The second-order valence-electron chi connectivity index (χ2n) is 3.11. The fourth-order valence-electron chi connectivity index (χ4n) is 1.18. The maximum atomic E-state index is 8.45. The molecule has 0 fully saturated rings. The minimum atomic E-state index is -0.104. The van der Waals surface area contributed by atoms with Crippen LogP contribution in [0.1, 0.15) is 16.5 Å². The summed E-state index contributed by atoms with van der Waals surface area (Å²) in [6.07, 6.45) is 1.52. The third kappa shape index (κ3) is 2.16. The molecule has 0 bridgehead atoms. The van der Waals surface area contributed by atoms with Crippen LogP contribution in [0.25, 0.3) is 0 Å². The van der Waals surface area contributed by atoms with E-state index in [2.05, 4.69) is 20.2 Å². The van der Waals surface area contributed by atoms with Crippen LogP contribution in [0, 0.1) is 6.92 Å². The van der Waals surface area contributed by atoms with Gasteiger partial charge in [-0.2, -0.15) is 0 Å². The Morgan fingerprint density at radius 2 is 2.50 bits per heavy atom. The molecule has 0 atom stereocenters. The van der Waals surface area contributed by atoms with E-state index in [1.165, 1.54) is 6.33 Å². The van der Waals surface area contributed by atoms with Gasteiger partial charge in [0.2, 0.25) is 11.7 Å². The van der Waals surface area contributed by atoms with E-state index in [-0.39, 0.29) is 11.7 Å². The fraction of sp³-hybridized carbons (Fsp3) is 0.250. The fourth-order valence-corrected chi connectivity index (χ4v) is 1.78. The van der Waals surface area contributed by atoms with Crippen LogP contribution in [-0.2, 0) is 6.54 Å². The molecule has 2 rings (SSSR count). The number of nitrogens with two attached hydrogens (primary N) is 1. The molecule has 0 spiro atoms. The quantitative estimate of drug-likeness (QED) is 0.344. The first-order valence-electron chi connectivity index (χ1n) is 4.47. The lowest BCUT2D eigenvalue weighted by Gasteiger charge is -1.95. The highest BCUT2D eigenvalue weighted by molar-refractivity contribution is 7.09. The summed E-state index contributed by atoms with van der Waals surface area (Å²) in [5.41, 5.74) is 6.27. The maximum absolute atomic E-state index is 8.45. The lowest BCUT2D eigenvalue weighted by Crippen LogP contribution is -2.15. The van der Waals surface area contributed by atoms with Crippen LogP contribution in [0.15, 0.2) is 16.9 Å². The van der Waals surface area contributed by atoms with Gasteiger partial charge in [0, 0.05) is 5.38 Å². The van der Waals surface area contributed by atoms with Gasteiger partial charge in [-0.05, 0) is 6.92 Å². The summed E-state index contributed by atoms with van der Waals surface area (Å²) < 4.78 is 1.59. The third-order valence-electron chi connectivity index (χ3n) is 1.86. The van der Waals surface area contributed by atoms with Crippen LogP contribution in [0.2, 0.25) is 0 Å². The monoisotopic (exact) mass is 238 g/mol. The summed E-state index contributed by atoms with van der Waals surface area (Å²) in [6, 6.07) is 0. The Morgan fingerprint density at radius 1 is 1.69 bits per heavy atom. The highest BCUT2D eigenvalue weighted by Gasteiger charge is 2.07. The van der Waals surface area contributed by atoms with E-state index >= 15 is 0 Å². The number of aromatic nitrogens is 4. The zero-order valence-electron chi connectivity index (χ0n) is 8.53. The predicted molar refractivity (Wildman–Crippen MR) is 58.5 cm³/mol. The van der Waals surface area contributed by atoms with E-state index in [1.54, 1.807) is 16.0 Å². The average molecular weight is 238 g/mol. The Labute approximate surface area is 95.3 Å². The van der Waals surface area contributed by atoms with Crippen LogP contribution in [-0.4, -0.2) is 30.8 Å². The molecule has 0 amide bonds. The van der Waals surface area contributed by atoms with Crippen LogP contribution in [0.4, 0.5) is 0 Å². The summed E-state index contributed by atoms with van der Waals surface area (Å²) in [5.74, 6) is 0.0997. The second kappa shape index (κ2) is 4.27. The number of amidine groups is 1. The van der Waals surface area contributed by atoms with Gasteiger partial charge in [-0.1, -0.05) is 5.16 Å². The number of hydrogen-bond acceptors (Lipinski definition) is 6. The maximum Gasteiger partial charge on any atom is 0.219 e. The topological polar surface area (TPSA) is 102 Å². The van der Waals surface area contributed by atoms with Crippen LogP contribution >= 0.6 is 11.3 Å². The minimum absolute atomic E-state index is 0.104. The van der Waals surface area contributed by atoms with E-state index in [9.17, 15) is 0 Å². The van der Waals surface area contributed by atoms with Gasteiger partial charge < -0.3 is 10.9 Å². The van der Waals surface area contributed by atoms with E-state index in [0.29, 0.717) is 6.54 Å². The molecular formula is C8H10N6OS. The zero-order valence-corrected chi connectivity index (χ0v) is 9.35. The number of hydrogen-bond donors (Lipinski definition) is 2. The molecule has 2 aromatic rings. The van der Waals surface area contributed by atoms with E-state index in [1.807, 2.05) is 12.3 Å². The molecule has 0 aliphatic carbocycles. The van der Waals surface area contributed by atoms with Gasteiger partial charge >= 0.3 is 0 Å². The summed E-state index contributed by atoms with van der Waals surface area (Å²) in [4.78, 5) is 8.20. The molecule has 0 saturated carbocycles. The van der Waals surface area contributed by atoms with Gasteiger partial charge in [0.1, 0.15) is 6.33 Å². The van der Waals surface area contributed by atoms with Crippen molar-refractivity contribution in [3.05, 3.63) is 28.2 Å². The Kier molecular flexibility index (Phi) is 2.82. The smallest absolute Gasteiger partial charge is 0.219 e. The van der Waals surface area contributed by atoms with E-state index < -0.39 is 0 Å². The lowest BCUT2D eigenvalue weighted by atomic mass is 10.5. The normalized spacial score (nSPS) is 11.9. The Balaban J connectivity index is 2.14. The van der Waals surface area contributed by atoms with Crippen molar-refractivity contribution in [3.63, 3.8) is 0 Å². The van der Waals surface area contributed by atoms with Gasteiger partial charge in [0.05, 0.1) is 17.2 Å². The molecule has 0 unspecified atom stereocenters. The molecule has 2 aromatic heterocycles. The van der Waals surface area contributed by atoms with Crippen molar-refractivity contribution in [2.45, 2.75) is 13.5 Å². The second-order valence-corrected chi connectivity index (χ2v) is 4.17. The summed E-state index contributed by atoms with van der Waals surface area (Å²) in [7, 11) is 0. The van der Waals surface area contributed by atoms with Crippen molar-refractivity contribution in [3.8, 4) is 0 Å². The SMILES string of the molecule is Cc1nc(Cn2cnc(C(N)=NO)n2)cs1. The van der Waals surface area contributed by atoms with Gasteiger partial charge in [0.25, 0.3) is 0 Å². The number of rotatable bonds is 3. The van der Waals surface area contributed by atoms with E-state index in [4.69, 9.17) is 10.9 Å². The summed E-state index contributed by atoms with van der Waals surface area (Å²) in [6.45, 7) is 2.47. The molecule has 7 nitrogen and oxygen atoms in total. The molecule has 0 aliphatic heterocycles. The molecule has 0 aromatic carbocycles. The van der Waals surface area contributed by atoms with Crippen LogP contribution < -0.4 is 5.73 Å². The number of oxime groups is 1. The first kappa shape index (κ1) is 10.6. The van der Waals surface area contributed by atoms with Crippen molar-refractivity contribution in [1.29, 1.82) is 0 Å². The average Bonchev–Trinajstić information content (AvgIpc) is 2.87. The lowest BCUT2D eigenvalue weighted by molar-refractivity contribution is 0.318. The van der Waals surface area contributed by atoms with Crippen LogP contribution in [0.3, 0.4) is 0 Å². The summed E-state index contributed by atoms with van der Waals surface area (Å²) >= 11 is 1.58. The largest absolute Gasteiger partial charge is 0.409 e. The Morgan fingerprint density at radius 3 is 3.12 bits per heavy atom. The third-order valence-corrected chi connectivity index (χ3v) is 2.69. The zero-order chi connectivity index (χ0) is 11.5. The molecule has 0 aliphatic rings. The standard InChI is InChI=1S/C8H10N6OS/c1-5-11-6(3-16-5)2-14-4-10-8(12-14)7(9)13-15/h3-4,15H,2H2,1H3,(H2,9,13).